The van der Waals surface area contributed by atoms with Gasteiger partial charge in [-0.3, -0.25) is 4.90 Å². The lowest BCUT2D eigenvalue weighted by Crippen LogP contribution is -2.43. The van der Waals surface area contributed by atoms with E-state index in [1.54, 1.807) is 24.3 Å². The van der Waals surface area contributed by atoms with Crippen LogP contribution < -0.4 is 0 Å². The zero-order valence-corrected chi connectivity index (χ0v) is 14.8. The van der Waals surface area contributed by atoms with Crippen LogP contribution in [0.3, 0.4) is 0 Å². The third kappa shape index (κ3) is 5.40. The van der Waals surface area contributed by atoms with Crippen molar-refractivity contribution in [2.24, 2.45) is 5.92 Å². The fourth-order valence-electron chi connectivity index (χ4n) is 2.99. The lowest BCUT2D eigenvalue weighted by atomic mass is 10.00. The highest BCUT2D eigenvalue weighted by molar-refractivity contribution is 5.32. The minimum absolute atomic E-state index is 0.0340. The molecule has 0 heterocycles. The van der Waals surface area contributed by atoms with Crippen molar-refractivity contribution < 1.29 is 10.2 Å². The lowest BCUT2D eigenvalue weighted by molar-refractivity contribution is 0.0378. The Balaban J connectivity index is 2.17. The molecule has 0 aliphatic heterocycles. The molecular weight excluding hydrogens is 312 g/mol. The number of hydrogen-bond donors (Lipinski definition) is 2. The molecule has 0 aromatic heterocycles. The SMILES string of the molecule is CC(C)C(CO)N(Cc1ccccc1)CC(O)c1ccc(C#N)cc1. The van der Waals surface area contributed by atoms with Crippen LogP contribution in [-0.4, -0.2) is 34.3 Å². The van der Waals surface area contributed by atoms with Crippen molar-refractivity contribution in [3.63, 3.8) is 0 Å². The van der Waals surface area contributed by atoms with E-state index in [0.29, 0.717) is 18.7 Å². The molecule has 0 saturated heterocycles. The van der Waals surface area contributed by atoms with E-state index in [0.717, 1.165) is 11.1 Å². The molecule has 0 aliphatic carbocycles. The number of aliphatic hydroxyl groups is 2. The van der Waals surface area contributed by atoms with Crippen LogP contribution in [0.1, 0.15) is 36.6 Å². The number of nitriles is 1. The molecule has 2 N–H and O–H groups in total. The molecule has 0 saturated carbocycles. The molecular formula is C21H26N2O2. The van der Waals surface area contributed by atoms with Crippen molar-refractivity contribution in [1.29, 1.82) is 5.26 Å². The average molecular weight is 338 g/mol. The van der Waals surface area contributed by atoms with Crippen molar-refractivity contribution in [2.45, 2.75) is 32.5 Å². The first-order valence-corrected chi connectivity index (χ1v) is 8.62. The van der Waals surface area contributed by atoms with Gasteiger partial charge in [0.25, 0.3) is 0 Å². The van der Waals surface area contributed by atoms with Crippen LogP contribution in [0.4, 0.5) is 0 Å². The number of hydrogen-bond acceptors (Lipinski definition) is 4. The molecule has 2 unspecified atom stereocenters. The normalized spacial score (nSPS) is 13.6. The van der Waals surface area contributed by atoms with Gasteiger partial charge >= 0.3 is 0 Å². The first-order valence-electron chi connectivity index (χ1n) is 8.62. The van der Waals surface area contributed by atoms with Crippen LogP contribution in [0.25, 0.3) is 0 Å². The van der Waals surface area contributed by atoms with E-state index in [4.69, 9.17) is 5.26 Å². The largest absolute Gasteiger partial charge is 0.395 e. The van der Waals surface area contributed by atoms with Crippen LogP contribution in [-0.2, 0) is 6.54 Å². The Morgan fingerprint density at radius 2 is 1.68 bits per heavy atom. The van der Waals surface area contributed by atoms with Gasteiger partial charge in [0.1, 0.15) is 0 Å². The molecule has 2 rings (SSSR count). The molecule has 4 nitrogen and oxygen atoms in total. The van der Waals surface area contributed by atoms with Crippen molar-refractivity contribution in [3.8, 4) is 6.07 Å². The Labute approximate surface area is 150 Å². The highest BCUT2D eigenvalue weighted by atomic mass is 16.3. The Morgan fingerprint density at radius 3 is 2.20 bits per heavy atom. The zero-order chi connectivity index (χ0) is 18.2. The van der Waals surface area contributed by atoms with Crippen molar-refractivity contribution >= 4 is 0 Å². The Morgan fingerprint density at radius 1 is 1.04 bits per heavy atom. The number of benzene rings is 2. The molecule has 2 aromatic carbocycles. The Bertz CT molecular complexity index is 677. The first-order chi connectivity index (χ1) is 12.0. The second kappa shape index (κ2) is 9.33. The van der Waals surface area contributed by atoms with E-state index in [9.17, 15) is 10.2 Å². The standard InChI is InChI=1S/C21H26N2O2/c1-16(2)20(15-24)23(13-18-6-4-3-5-7-18)14-21(25)19-10-8-17(12-22)9-11-19/h3-11,16,20-21,24-25H,13-15H2,1-2H3. The van der Waals surface area contributed by atoms with Crippen LogP contribution in [0.2, 0.25) is 0 Å². The molecule has 0 spiro atoms. The number of nitrogens with zero attached hydrogens (tertiary/aromatic N) is 2. The number of rotatable bonds is 8. The van der Waals surface area contributed by atoms with Crippen LogP contribution in [0, 0.1) is 17.2 Å². The first kappa shape index (κ1) is 19.1. The third-order valence-corrected chi connectivity index (χ3v) is 4.49. The van der Waals surface area contributed by atoms with Crippen LogP contribution in [0.15, 0.2) is 54.6 Å². The molecule has 0 fully saturated rings. The van der Waals surface area contributed by atoms with Crippen molar-refractivity contribution in [2.75, 3.05) is 13.2 Å². The van der Waals surface area contributed by atoms with Gasteiger partial charge in [0, 0.05) is 19.1 Å². The predicted octanol–water partition coefficient (Wildman–Crippen LogP) is 3.11. The highest BCUT2D eigenvalue weighted by Crippen LogP contribution is 2.21. The summed E-state index contributed by atoms with van der Waals surface area (Å²) >= 11 is 0. The second-order valence-corrected chi connectivity index (χ2v) is 6.66. The third-order valence-electron chi connectivity index (χ3n) is 4.49. The van der Waals surface area contributed by atoms with E-state index < -0.39 is 6.10 Å². The fraction of sp³-hybridized carbons (Fsp3) is 0.381. The van der Waals surface area contributed by atoms with E-state index in [2.05, 4.69) is 36.9 Å². The predicted molar refractivity (Wildman–Crippen MR) is 98.7 cm³/mol. The molecule has 0 bridgehead atoms. The smallest absolute Gasteiger partial charge is 0.0991 e. The molecule has 0 radical (unpaired) electrons. The maximum atomic E-state index is 10.7. The fourth-order valence-corrected chi connectivity index (χ4v) is 2.99. The van der Waals surface area contributed by atoms with Gasteiger partial charge < -0.3 is 10.2 Å². The minimum Gasteiger partial charge on any atom is -0.395 e. The Kier molecular flexibility index (Phi) is 7.15. The summed E-state index contributed by atoms with van der Waals surface area (Å²) in [6, 6.07) is 19.1. The molecule has 4 heteroatoms. The van der Waals surface area contributed by atoms with Crippen molar-refractivity contribution in [1.82, 2.24) is 4.90 Å². The van der Waals surface area contributed by atoms with Gasteiger partial charge in [-0.15, -0.1) is 0 Å². The number of aliphatic hydroxyl groups excluding tert-OH is 2. The van der Waals surface area contributed by atoms with Crippen molar-refractivity contribution in [3.05, 3.63) is 71.3 Å². The summed E-state index contributed by atoms with van der Waals surface area (Å²) in [4.78, 5) is 2.13. The van der Waals surface area contributed by atoms with Crippen LogP contribution in [0.5, 0.6) is 0 Å². The van der Waals surface area contributed by atoms with Gasteiger partial charge in [-0.1, -0.05) is 56.3 Å². The van der Waals surface area contributed by atoms with Gasteiger partial charge in [0.2, 0.25) is 0 Å². The molecule has 132 valence electrons. The van der Waals surface area contributed by atoms with E-state index in [1.165, 1.54) is 0 Å². The second-order valence-electron chi connectivity index (χ2n) is 6.66. The van der Waals surface area contributed by atoms with E-state index >= 15 is 0 Å². The van der Waals surface area contributed by atoms with Gasteiger partial charge in [-0.05, 0) is 29.2 Å². The van der Waals surface area contributed by atoms with Crippen LogP contribution >= 0.6 is 0 Å². The monoisotopic (exact) mass is 338 g/mol. The topological polar surface area (TPSA) is 67.5 Å². The summed E-state index contributed by atoms with van der Waals surface area (Å²) in [5.74, 6) is 0.266. The molecule has 0 amide bonds. The minimum atomic E-state index is -0.677. The summed E-state index contributed by atoms with van der Waals surface area (Å²) in [5.41, 5.74) is 2.50. The molecule has 2 atom stereocenters. The zero-order valence-electron chi connectivity index (χ0n) is 14.8. The quantitative estimate of drug-likeness (QED) is 0.776. The molecule has 25 heavy (non-hydrogen) atoms. The maximum Gasteiger partial charge on any atom is 0.0991 e. The maximum absolute atomic E-state index is 10.7. The summed E-state index contributed by atoms with van der Waals surface area (Å²) in [6.45, 7) is 5.28. The lowest BCUT2D eigenvalue weighted by Gasteiger charge is -2.34. The van der Waals surface area contributed by atoms with Gasteiger partial charge in [0.05, 0.1) is 24.3 Å². The van der Waals surface area contributed by atoms with Gasteiger partial charge in [-0.2, -0.15) is 5.26 Å². The summed E-state index contributed by atoms with van der Waals surface area (Å²) < 4.78 is 0. The summed E-state index contributed by atoms with van der Waals surface area (Å²) in [7, 11) is 0. The Hall–Kier alpha value is -2.19. The molecule has 0 aliphatic rings. The summed E-state index contributed by atoms with van der Waals surface area (Å²) in [5, 5.41) is 29.4. The van der Waals surface area contributed by atoms with Gasteiger partial charge in [-0.25, -0.2) is 0 Å². The highest BCUT2D eigenvalue weighted by Gasteiger charge is 2.24. The molecule has 2 aromatic rings. The van der Waals surface area contributed by atoms with E-state index in [-0.39, 0.29) is 18.6 Å². The average Bonchev–Trinajstić information content (AvgIpc) is 2.62. The van der Waals surface area contributed by atoms with E-state index in [1.807, 2.05) is 18.2 Å². The van der Waals surface area contributed by atoms with Gasteiger partial charge in [0.15, 0.2) is 0 Å². The summed E-state index contributed by atoms with van der Waals surface area (Å²) in [6.07, 6.45) is -0.677.